The minimum atomic E-state index is -0.0493. The highest BCUT2D eigenvalue weighted by atomic mass is 16.2. The third-order valence-corrected chi connectivity index (χ3v) is 4.55. The zero-order valence-electron chi connectivity index (χ0n) is 13.4. The van der Waals surface area contributed by atoms with E-state index in [0.717, 1.165) is 37.3 Å². The third-order valence-electron chi connectivity index (χ3n) is 4.55. The zero-order chi connectivity index (χ0) is 16.2. The second-order valence-corrected chi connectivity index (χ2v) is 6.10. The molecule has 0 bridgehead atoms. The van der Waals surface area contributed by atoms with Crippen molar-refractivity contribution in [2.24, 2.45) is 0 Å². The van der Waals surface area contributed by atoms with Gasteiger partial charge in [-0.3, -0.25) is 14.7 Å². The molecule has 0 saturated carbocycles. The van der Waals surface area contributed by atoms with Crippen LogP contribution in [0.5, 0.6) is 0 Å². The zero-order valence-corrected chi connectivity index (χ0v) is 13.4. The molecule has 0 radical (unpaired) electrons. The first kappa shape index (κ1) is 15.5. The Labute approximate surface area is 135 Å². The Balaban J connectivity index is 1.61. The van der Waals surface area contributed by atoms with Crippen LogP contribution in [0, 0.1) is 6.92 Å². The van der Waals surface area contributed by atoms with Gasteiger partial charge in [0.25, 0.3) is 5.56 Å². The van der Waals surface area contributed by atoms with E-state index in [9.17, 15) is 9.59 Å². The molecule has 1 aliphatic rings. The number of rotatable bonds is 4. The van der Waals surface area contributed by atoms with Crippen molar-refractivity contribution < 1.29 is 4.79 Å². The summed E-state index contributed by atoms with van der Waals surface area (Å²) < 4.78 is 1.66. The Morgan fingerprint density at radius 1 is 1.39 bits per heavy atom. The third kappa shape index (κ3) is 3.52. The summed E-state index contributed by atoms with van der Waals surface area (Å²) in [5.41, 5.74) is 1.93. The van der Waals surface area contributed by atoms with Gasteiger partial charge in [-0.2, -0.15) is 5.10 Å². The van der Waals surface area contributed by atoms with Crippen LogP contribution in [0.25, 0.3) is 0 Å². The highest BCUT2D eigenvalue weighted by Crippen LogP contribution is 2.25. The van der Waals surface area contributed by atoms with Gasteiger partial charge in [0.15, 0.2) is 0 Å². The number of aromatic amines is 1. The topological polar surface area (TPSA) is 71.0 Å². The minimum absolute atomic E-state index is 0.0493. The van der Waals surface area contributed by atoms with Crippen LogP contribution in [-0.2, 0) is 11.3 Å². The van der Waals surface area contributed by atoms with Gasteiger partial charge in [0, 0.05) is 55.6 Å². The lowest BCUT2D eigenvalue weighted by atomic mass is 9.95. The fraction of sp³-hybridized carbons (Fsp3) is 0.471. The number of carbonyl (C=O) groups excluding carboxylic acids is 1. The fourth-order valence-corrected chi connectivity index (χ4v) is 3.23. The fourth-order valence-electron chi connectivity index (χ4n) is 3.23. The van der Waals surface area contributed by atoms with Gasteiger partial charge in [-0.1, -0.05) is 6.07 Å². The summed E-state index contributed by atoms with van der Waals surface area (Å²) in [6.07, 6.45) is 4.18. The van der Waals surface area contributed by atoms with Crippen molar-refractivity contribution in [3.63, 3.8) is 0 Å². The second kappa shape index (κ2) is 6.81. The van der Waals surface area contributed by atoms with Crippen LogP contribution in [0.2, 0.25) is 0 Å². The molecule has 1 saturated heterocycles. The highest BCUT2D eigenvalue weighted by Gasteiger charge is 2.25. The summed E-state index contributed by atoms with van der Waals surface area (Å²) in [5, 5.41) is 7.00. The summed E-state index contributed by atoms with van der Waals surface area (Å²) in [4.78, 5) is 26.3. The number of nitrogens with zero attached hydrogens (tertiary/aromatic N) is 3. The van der Waals surface area contributed by atoms with Gasteiger partial charge >= 0.3 is 0 Å². The molecule has 0 aromatic carbocycles. The number of nitrogens with one attached hydrogen (secondary N) is 1. The smallest absolute Gasteiger partial charge is 0.250 e. The lowest BCUT2D eigenvalue weighted by molar-refractivity contribution is -0.132. The molecule has 6 nitrogen and oxygen atoms in total. The van der Waals surface area contributed by atoms with E-state index in [-0.39, 0.29) is 11.5 Å². The number of hydrogen-bond acceptors (Lipinski definition) is 3. The average molecular weight is 314 g/mol. The number of carbonyl (C=O) groups is 1. The summed E-state index contributed by atoms with van der Waals surface area (Å²) in [6.45, 7) is 3.85. The Morgan fingerprint density at radius 2 is 2.26 bits per heavy atom. The number of hydrogen-bond donors (Lipinski definition) is 1. The largest absolute Gasteiger partial charge is 0.342 e. The maximum atomic E-state index is 12.5. The van der Waals surface area contributed by atoms with Crippen LogP contribution in [0.1, 0.15) is 36.6 Å². The van der Waals surface area contributed by atoms with Gasteiger partial charge < -0.3 is 9.47 Å². The van der Waals surface area contributed by atoms with Gasteiger partial charge in [-0.25, -0.2) is 0 Å². The SMILES string of the molecule is Cc1cccc(=O)n1CCC(=O)N1CCC[C@H](c2ccn[nH]2)C1. The lowest BCUT2D eigenvalue weighted by Crippen LogP contribution is -2.40. The molecule has 0 aliphatic carbocycles. The maximum Gasteiger partial charge on any atom is 0.250 e. The predicted molar refractivity (Wildman–Crippen MR) is 87.2 cm³/mol. The Hall–Kier alpha value is -2.37. The van der Waals surface area contributed by atoms with Gasteiger partial charge in [-0.15, -0.1) is 0 Å². The van der Waals surface area contributed by atoms with Crippen LogP contribution in [-0.4, -0.2) is 38.7 Å². The van der Waals surface area contributed by atoms with Crippen LogP contribution >= 0.6 is 0 Å². The summed E-state index contributed by atoms with van der Waals surface area (Å²) in [7, 11) is 0. The number of H-pyrrole nitrogens is 1. The Kier molecular flexibility index (Phi) is 4.60. The molecule has 1 atom stereocenters. The first-order valence-corrected chi connectivity index (χ1v) is 8.08. The number of pyridine rings is 1. The molecule has 1 aliphatic heterocycles. The number of amides is 1. The number of piperidine rings is 1. The molecule has 1 N–H and O–H groups in total. The van der Waals surface area contributed by atoms with Crippen molar-refractivity contribution in [2.75, 3.05) is 13.1 Å². The lowest BCUT2D eigenvalue weighted by Gasteiger charge is -2.32. The number of likely N-dealkylation sites (tertiary alicyclic amines) is 1. The van der Waals surface area contributed by atoms with E-state index >= 15 is 0 Å². The minimum Gasteiger partial charge on any atom is -0.342 e. The quantitative estimate of drug-likeness (QED) is 0.933. The van der Waals surface area contributed by atoms with Gasteiger partial charge in [0.1, 0.15) is 0 Å². The molecule has 1 amide bonds. The molecule has 2 aromatic heterocycles. The monoisotopic (exact) mass is 314 g/mol. The first-order valence-electron chi connectivity index (χ1n) is 8.08. The summed E-state index contributed by atoms with van der Waals surface area (Å²) >= 11 is 0. The predicted octanol–water partition coefficient (Wildman–Crippen LogP) is 1.68. The molecule has 6 heteroatoms. The van der Waals surface area contributed by atoms with Crippen molar-refractivity contribution in [1.82, 2.24) is 19.7 Å². The van der Waals surface area contributed by atoms with E-state index in [4.69, 9.17) is 0 Å². The molecule has 0 unspecified atom stereocenters. The van der Waals surface area contributed by atoms with Gasteiger partial charge in [0.05, 0.1) is 0 Å². The van der Waals surface area contributed by atoms with E-state index in [2.05, 4.69) is 10.2 Å². The summed E-state index contributed by atoms with van der Waals surface area (Å²) in [5.74, 6) is 0.445. The van der Waals surface area contributed by atoms with Crippen LogP contribution in [0.15, 0.2) is 35.3 Å². The molecule has 2 aromatic rings. The Bertz CT molecular complexity index is 720. The average Bonchev–Trinajstić information content (AvgIpc) is 3.09. The van der Waals surface area contributed by atoms with Crippen molar-refractivity contribution >= 4 is 5.91 Å². The molecular weight excluding hydrogens is 292 g/mol. The van der Waals surface area contributed by atoms with E-state index in [0.29, 0.717) is 18.9 Å². The van der Waals surface area contributed by atoms with E-state index in [1.807, 2.05) is 24.0 Å². The summed E-state index contributed by atoms with van der Waals surface area (Å²) in [6, 6.07) is 7.15. The van der Waals surface area contributed by atoms with Crippen LogP contribution in [0.3, 0.4) is 0 Å². The van der Waals surface area contributed by atoms with Gasteiger partial charge in [-0.05, 0) is 31.9 Å². The molecule has 0 spiro atoms. The normalized spacial score (nSPS) is 18.1. The second-order valence-electron chi connectivity index (χ2n) is 6.10. The van der Waals surface area contributed by atoms with E-state index < -0.39 is 0 Å². The molecule has 1 fully saturated rings. The number of aryl methyl sites for hydroxylation is 1. The van der Waals surface area contributed by atoms with Crippen molar-refractivity contribution in [1.29, 1.82) is 0 Å². The molecule has 23 heavy (non-hydrogen) atoms. The van der Waals surface area contributed by atoms with Crippen molar-refractivity contribution in [3.05, 3.63) is 52.2 Å². The van der Waals surface area contributed by atoms with Gasteiger partial charge in [0.2, 0.25) is 5.91 Å². The molecular formula is C17H22N4O2. The molecule has 3 rings (SSSR count). The molecule has 122 valence electrons. The van der Waals surface area contributed by atoms with Crippen LogP contribution in [0.4, 0.5) is 0 Å². The Morgan fingerprint density at radius 3 is 3.00 bits per heavy atom. The standard InChI is InChI=1S/C17H22N4O2/c1-13-4-2-6-17(23)21(13)11-8-16(22)20-10-3-5-14(12-20)15-7-9-18-19-15/h2,4,6-7,9,14H,3,5,8,10-12H2,1H3,(H,18,19)/t14-/m0/s1. The van der Waals surface area contributed by atoms with Crippen molar-refractivity contribution in [2.45, 2.75) is 38.6 Å². The van der Waals surface area contributed by atoms with E-state index in [1.54, 1.807) is 16.8 Å². The molecule has 3 heterocycles. The highest BCUT2D eigenvalue weighted by molar-refractivity contribution is 5.76. The van der Waals surface area contributed by atoms with E-state index in [1.165, 1.54) is 6.07 Å². The maximum absolute atomic E-state index is 12.5. The first-order chi connectivity index (χ1) is 11.1. The number of aromatic nitrogens is 3. The van der Waals surface area contributed by atoms with Crippen LogP contribution < -0.4 is 5.56 Å². The van der Waals surface area contributed by atoms with Crippen molar-refractivity contribution in [3.8, 4) is 0 Å².